The number of hydrogen-bond donors (Lipinski definition) is 0. The number of amides is 2. The highest BCUT2D eigenvalue weighted by Crippen LogP contribution is 2.28. The number of anilines is 2. The second-order valence-corrected chi connectivity index (χ2v) is 6.09. The molecule has 10 nitrogen and oxygen atoms in total. The molecule has 1 aromatic carbocycles. The molecule has 0 N–H and O–H groups in total. The van der Waals surface area contributed by atoms with E-state index in [1.54, 1.807) is 23.1 Å². The maximum absolute atomic E-state index is 14.6. The zero-order chi connectivity index (χ0) is 19.5. The Hall–Kier alpha value is -3.63. The zero-order valence-electron chi connectivity index (χ0n) is 14.6. The lowest BCUT2D eigenvalue weighted by molar-refractivity contribution is -0.118. The highest BCUT2D eigenvalue weighted by Gasteiger charge is 2.33. The second kappa shape index (κ2) is 7.55. The number of halogens is 1. The van der Waals surface area contributed by atoms with Gasteiger partial charge >= 0.3 is 6.09 Å². The van der Waals surface area contributed by atoms with Crippen molar-refractivity contribution < 1.29 is 28.0 Å². The van der Waals surface area contributed by atoms with Gasteiger partial charge in [0.2, 0.25) is 6.41 Å². The van der Waals surface area contributed by atoms with Crippen molar-refractivity contribution in [1.29, 1.82) is 0 Å². The van der Waals surface area contributed by atoms with Gasteiger partial charge < -0.3 is 18.9 Å². The van der Waals surface area contributed by atoms with Gasteiger partial charge in [-0.15, -0.1) is 0 Å². The quantitative estimate of drug-likeness (QED) is 0.689. The van der Waals surface area contributed by atoms with E-state index in [1.165, 1.54) is 28.6 Å². The number of hydrazone groups is 1. The summed E-state index contributed by atoms with van der Waals surface area (Å²) in [5.74, 6) is -0.222. The third-order valence-corrected chi connectivity index (χ3v) is 4.29. The fourth-order valence-corrected chi connectivity index (χ4v) is 2.89. The molecule has 28 heavy (non-hydrogen) atoms. The molecule has 1 atom stereocenters. The molecule has 146 valence electrons. The maximum atomic E-state index is 14.6. The van der Waals surface area contributed by atoms with Crippen LogP contribution in [0.1, 0.15) is 0 Å². The largest absolute Gasteiger partial charge is 0.471 e. The molecule has 0 bridgehead atoms. The first-order valence-corrected chi connectivity index (χ1v) is 8.47. The number of carbonyl (C=O) groups is 2. The van der Waals surface area contributed by atoms with Crippen LogP contribution in [0.4, 0.5) is 20.6 Å². The predicted molar refractivity (Wildman–Crippen MR) is 94.6 cm³/mol. The van der Waals surface area contributed by atoms with Crippen LogP contribution in [0.25, 0.3) is 0 Å². The van der Waals surface area contributed by atoms with Crippen molar-refractivity contribution in [3.05, 3.63) is 36.3 Å². The number of cyclic esters (lactones) is 1. The van der Waals surface area contributed by atoms with Crippen LogP contribution >= 0.6 is 0 Å². The molecule has 3 heterocycles. The summed E-state index contributed by atoms with van der Waals surface area (Å²) in [5, 5.41) is 8.74. The lowest BCUT2D eigenvalue weighted by atomic mass is 10.2. The van der Waals surface area contributed by atoms with E-state index in [0.29, 0.717) is 36.8 Å². The molecule has 4 rings (SSSR count). The Labute approximate surface area is 158 Å². The number of ether oxygens (including phenoxy) is 2. The number of benzene rings is 1. The first kappa shape index (κ1) is 17.8. The fourth-order valence-electron chi connectivity index (χ4n) is 2.89. The Balaban J connectivity index is 1.42. The summed E-state index contributed by atoms with van der Waals surface area (Å²) in [4.78, 5) is 25.7. The maximum Gasteiger partial charge on any atom is 0.414 e. The van der Waals surface area contributed by atoms with Crippen molar-refractivity contribution in [2.75, 3.05) is 36.0 Å². The van der Waals surface area contributed by atoms with Gasteiger partial charge in [0, 0.05) is 12.6 Å². The SMILES string of the molecule is O=CN1CCN(c2ccc(N3CC(COc4ccon4)OC3=O)cc2F)C=N1. The van der Waals surface area contributed by atoms with Gasteiger partial charge in [0.15, 0.2) is 6.10 Å². The van der Waals surface area contributed by atoms with E-state index in [-0.39, 0.29) is 13.2 Å². The molecule has 0 saturated carbocycles. The van der Waals surface area contributed by atoms with Gasteiger partial charge in [-0.3, -0.25) is 9.69 Å². The standard InChI is InChI=1S/C17H16FN5O5/c18-14-7-12(1-2-15(14)21-4-5-22(11-24)19-10-21)23-8-13(28-17(23)25)9-26-16-3-6-27-20-16/h1-3,6-7,10-11,13H,4-5,8-9H2. The van der Waals surface area contributed by atoms with Gasteiger partial charge in [-0.1, -0.05) is 0 Å². The Morgan fingerprint density at radius 3 is 2.89 bits per heavy atom. The predicted octanol–water partition coefficient (Wildman–Crippen LogP) is 1.44. The van der Waals surface area contributed by atoms with Crippen LogP contribution in [0.3, 0.4) is 0 Å². The fraction of sp³-hybridized carbons (Fsp3) is 0.294. The van der Waals surface area contributed by atoms with Crippen LogP contribution in [0, 0.1) is 5.82 Å². The minimum atomic E-state index is -0.581. The summed E-state index contributed by atoms with van der Waals surface area (Å²) in [7, 11) is 0. The smallest absolute Gasteiger partial charge is 0.414 e. The van der Waals surface area contributed by atoms with Gasteiger partial charge in [-0.25, -0.2) is 14.2 Å². The molecule has 11 heteroatoms. The van der Waals surface area contributed by atoms with Gasteiger partial charge in [0.05, 0.1) is 24.5 Å². The number of carbonyl (C=O) groups excluding carboxylic acids is 2. The van der Waals surface area contributed by atoms with E-state index >= 15 is 0 Å². The average Bonchev–Trinajstić information content (AvgIpc) is 3.36. The number of nitrogens with zero attached hydrogens (tertiary/aromatic N) is 5. The Morgan fingerprint density at radius 1 is 1.32 bits per heavy atom. The molecule has 1 fully saturated rings. The topological polar surface area (TPSA) is 101 Å². The second-order valence-electron chi connectivity index (χ2n) is 6.09. The molecule has 0 spiro atoms. The van der Waals surface area contributed by atoms with Crippen molar-refractivity contribution in [2.24, 2.45) is 5.10 Å². The molecule has 0 radical (unpaired) electrons. The molecule has 2 aliphatic rings. The summed E-state index contributed by atoms with van der Waals surface area (Å²) < 4.78 is 29.9. The van der Waals surface area contributed by atoms with Crippen LogP contribution in [0.5, 0.6) is 5.88 Å². The summed E-state index contributed by atoms with van der Waals surface area (Å²) >= 11 is 0. The lowest BCUT2D eigenvalue weighted by Crippen LogP contribution is -2.37. The minimum absolute atomic E-state index is 0.104. The molecule has 1 saturated heterocycles. The highest BCUT2D eigenvalue weighted by atomic mass is 19.1. The Bertz CT molecular complexity index is 890. The van der Waals surface area contributed by atoms with Crippen LogP contribution in [0.2, 0.25) is 0 Å². The van der Waals surface area contributed by atoms with E-state index in [9.17, 15) is 14.0 Å². The van der Waals surface area contributed by atoms with Crippen LogP contribution in [-0.4, -0.2) is 61.4 Å². The van der Waals surface area contributed by atoms with Gasteiger partial charge in [0.1, 0.15) is 25.0 Å². The summed E-state index contributed by atoms with van der Waals surface area (Å²) in [6, 6.07) is 5.98. The molecule has 0 aliphatic carbocycles. The molecular weight excluding hydrogens is 373 g/mol. The van der Waals surface area contributed by atoms with Gasteiger partial charge in [0.25, 0.3) is 5.88 Å². The van der Waals surface area contributed by atoms with Crippen molar-refractivity contribution >= 4 is 30.2 Å². The highest BCUT2D eigenvalue weighted by molar-refractivity contribution is 5.90. The third-order valence-electron chi connectivity index (χ3n) is 4.29. The Morgan fingerprint density at radius 2 is 2.21 bits per heavy atom. The molecular formula is C17H16FN5O5. The molecule has 1 aromatic heterocycles. The lowest BCUT2D eigenvalue weighted by Gasteiger charge is -2.27. The van der Waals surface area contributed by atoms with Crippen LogP contribution in [-0.2, 0) is 9.53 Å². The van der Waals surface area contributed by atoms with Crippen LogP contribution in [0.15, 0.2) is 40.2 Å². The summed E-state index contributed by atoms with van der Waals surface area (Å²) in [6.07, 6.45) is 2.26. The van der Waals surface area contributed by atoms with Crippen molar-refractivity contribution in [1.82, 2.24) is 10.2 Å². The van der Waals surface area contributed by atoms with E-state index in [2.05, 4.69) is 14.8 Å². The monoisotopic (exact) mass is 389 g/mol. The van der Waals surface area contributed by atoms with Crippen molar-refractivity contribution in [3.63, 3.8) is 0 Å². The van der Waals surface area contributed by atoms with E-state index in [4.69, 9.17) is 9.47 Å². The van der Waals surface area contributed by atoms with Gasteiger partial charge in [-0.2, -0.15) is 5.10 Å². The normalized spacial score (nSPS) is 19.1. The van der Waals surface area contributed by atoms with Crippen molar-refractivity contribution in [2.45, 2.75) is 6.10 Å². The molecule has 1 unspecified atom stereocenters. The molecule has 2 aromatic rings. The first-order valence-electron chi connectivity index (χ1n) is 8.47. The molecule has 2 aliphatic heterocycles. The third kappa shape index (κ3) is 3.59. The number of rotatable bonds is 6. The average molecular weight is 389 g/mol. The first-order chi connectivity index (χ1) is 13.6. The minimum Gasteiger partial charge on any atom is -0.471 e. The van der Waals surface area contributed by atoms with Crippen LogP contribution < -0.4 is 14.5 Å². The van der Waals surface area contributed by atoms with E-state index in [0.717, 1.165) is 0 Å². The summed E-state index contributed by atoms with van der Waals surface area (Å²) in [6.45, 7) is 1.08. The van der Waals surface area contributed by atoms with Gasteiger partial charge in [-0.05, 0) is 23.4 Å². The molecule has 2 amide bonds. The number of aromatic nitrogens is 1. The van der Waals surface area contributed by atoms with Crippen molar-refractivity contribution in [3.8, 4) is 5.88 Å². The number of hydrogen-bond acceptors (Lipinski definition) is 8. The summed E-state index contributed by atoms with van der Waals surface area (Å²) in [5.41, 5.74) is 0.676. The van der Waals surface area contributed by atoms with E-state index < -0.39 is 18.0 Å². The van der Waals surface area contributed by atoms with E-state index in [1.807, 2.05) is 0 Å². The Kier molecular flexibility index (Phi) is 4.79. The zero-order valence-corrected chi connectivity index (χ0v) is 14.6.